The molecule has 9 aromatic carbocycles. The highest BCUT2D eigenvalue weighted by atomic mass is 35.5. The summed E-state index contributed by atoms with van der Waals surface area (Å²) >= 11 is 57.5. The van der Waals surface area contributed by atoms with Gasteiger partial charge in [-0.05, 0) is 362 Å². The van der Waals surface area contributed by atoms with Crippen molar-refractivity contribution in [3.8, 4) is 0 Å². The molecule has 9 rings (SSSR count). The second kappa shape index (κ2) is 61.8. The number of carbonyl (C=O) groups excluding carboxylic acids is 9. The predicted octanol–water partition coefficient (Wildman–Crippen LogP) is 30.3. The minimum absolute atomic E-state index is 0.0162. The summed E-state index contributed by atoms with van der Waals surface area (Å²) < 4.78 is 772. The van der Waals surface area contributed by atoms with Crippen molar-refractivity contribution in [2.45, 2.75) is 351 Å². The molecule has 0 aliphatic heterocycles. The van der Waals surface area contributed by atoms with Crippen LogP contribution in [0, 0.1) is 0 Å². The van der Waals surface area contributed by atoms with Crippen molar-refractivity contribution in [1.29, 1.82) is 0 Å². The lowest BCUT2D eigenvalue weighted by Crippen LogP contribution is -2.46. The van der Waals surface area contributed by atoms with Crippen LogP contribution in [0.1, 0.15) is 479 Å². The van der Waals surface area contributed by atoms with E-state index in [9.17, 15) is 43.2 Å². The molecule has 0 amide bonds. The summed E-state index contributed by atoms with van der Waals surface area (Å²) in [5.41, 5.74) is -31.1. The summed E-state index contributed by atoms with van der Waals surface area (Å²) in [4.78, 5) is 116. The van der Waals surface area contributed by atoms with E-state index in [4.69, 9.17) is 254 Å². The van der Waals surface area contributed by atoms with Gasteiger partial charge in [0.25, 0.3) is 0 Å². The van der Waals surface area contributed by atoms with E-state index in [1.54, 1.807) is 20.8 Å². The van der Waals surface area contributed by atoms with Crippen LogP contribution in [0.15, 0.2) is 212 Å². The molecule has 0 bridgehead atoms. The van der Waals surface area contributed by atoms with Gasteiger partial charge in [-0.1, -0.05) is 213 Å². The van der Waals surface area contributed by atoms with E-state index in [0.717, 1.165) is 50.2 Å². The highest BCUT2D eigenvalue weighted by Gasteiger charge is 2.30. The number of halogens is 10. The summed E-state index contributed by atoms with van der Waals surface area (Å²) in [6, 6.07) is -10.1. The summed E-state index contributed by atoms with van der Waals surface area (Å²) in [7, 11) is 0. The first-order chi connectivity index (χ1) is 107. The number of rotatable bonds is 27. The molecule has 0 aliphatic carbocycles. The van der Waals surface area contributed by atoms with Gasteiger partial charge in [0.2, 0.25) is 0 Å². The third-order valence-electron chi connectivity index (χ3n) is 14.5. The molecule has 0 saturated heterocycles. The summed E-state index contributed by atoms with van der Waals surface area (Å²) in [6.45, 7) is -85.6. The zero-order valence-electron chi connectivity index (χ0n) is 178. The minimum Gasteiger partial charge on any atom is -0.303 e. The Kier molecular flexibility index (Phi) is 19.2. The molecule has 9 N–H and O–H groups in total. The molecule has 0 heterocycles. The van der Waals surface area contributed by atoms with Crippen LogP contribution in [-0.2, 0) is 0 Å². The average Bonchev–Trinajstić information content (AvgIpc) is 0.699. The van der Waals surface area contributed by atoms with E-state index >= 15 is 0 Å². The van der Waals surface area contributed by atoms with Crippen molar-refractivity contribution in [2.75, 3.05) is 0 Å². The first-order valence-electron chi connectivity index (χ1n) is 89.9. The molecule has 0 spiro atoms. The lowest BCUT2D eigenvalue weighted by Gasteiger charge is -2.25. The number of hydrogen-bond donors (Lipinski definition) is 9. The van der Waals surface area contributed by atoms with Crippen molar-refractivity contribution in [2.24, 2.45) is 0 Å². The van der Waals surface area contributed by atoms with Crippen LogP contribution in [0.25, 0.3) is 0 Å². The molecule has 1 unspecified atom stereocenters. The zero-order valence-corrected chi connectivity index (χ0v) is 84.4. The molecule has 0 fully saturated rings. The van der Waals surface area contributed by atoms with Gasteiger partial charge in [0, 0.05) is 251 Å². The maximum atomic E-state index is 13.2. The highest BCUT2D eigenvalue weighted by Crippen LogP contribution is 2.27. The molecule has 0 aliphatic rings. The zero-order chi connectivity index (χ0) is 197. The van der Waals surface area contributed by atoms with E-state index in [0.29, 0.717) is 0 Å². The van der Waals surface area contributed by atoms with Crippen LogP contribution in [0.4, 0.5) is 0 Å². The maximum absolute atomic E-state index is 13.2. The highest BCUT2D eigenvalue weighted by molar-refractivity contribution is 6.42. The Balaban J connectivity index is 0.00000139. The molecule has 9 aromatic rings. The Labute approximate surface area is 1060 Å². The lowest BCUT2D eigenvalue weighted by atomic mass is 10.0. The van der Waals surface area contributed by atoms with E-state index < -0.39 is 455 Å². The normalized spacial score (nSPS) is 28.1. The smallest absolute Gasteiger partial charge is 0.179 e. The molecule has 0 saturated carbocycles. The fourth-order valence-corrected chi connectivity index (χ4v) is 10.8. The van der Waals surface area contributed by atoms with Crippen LogP contribution in [-0.4, -0.2) is 156 Å². The van der Waals surface area contributed by atoms with Crippen molar-refractivity contribution >= 4 is 168 Å². The lowest BCUT2D eigenvalue weighted by molar-refractivity contribution is 0.0929. The second-order valence-electron chi connectivity index (χ2n) is 31.0. The SMILES string of the molecule is [2H]C([2H])([2H])C(C)(C)N[C@@]([2H])(C(=O)c1cccc(Cl)c1)C([2H])([2H])[2H].[2H]C([2H])([2H])C(C)(C)N[C@]([2H])(C(=O)c1cccc(Cl)c1)C([2H])([2H])[2H].[2H]C([2H])([2H])C(C)(N[C@@]([2H])(C(=O)c1cccc(Cl)c1)C([2H])([2H])[2H])C([2H])([2H])[2H].[2H]C([2H])([2H])C(C)(N[C@]([2H])(C(=O)c1cccc(Cl)c1)C([2H])([2H])[2H])C([2H])([2H])[2H].[2H]C([2H])([2H])C(N[C@@]([2H])(C(=O)c1cccc(Cl)c1)C([2H])([2H])[2H])(C([2H])([2H])[2H])C([2H])([2H])[2H].[2H]C([2H])([2H])C(N[C@]([2H])(C(=O)c1cccc(Cl)c1)C([2H])([2H])[2H])(C([2H])([2H])[2H])C([2H])([2H])[2H].[2H]c1c([2H])c(C(=O)[C@@]([2H])(NC(C([2H])([2H])[2H])(C([2H])([2H])[2H])C([2H])([2H])[2H])C([2H])([2H])[2H])c([2H])c(Cl)c1Cl.[2H]c1c([2H])c(Cl)c([2H])c(C(=O)C([2H])(NC(C([2H])([2H])[2H])(C([2H])([2H])[2H])C([2H])([2H])[2H])C([2H])([2H])[2H])c1[2H].[2H]c1c([2H])c(Cl)c([2H])c(C(=O)[C@@]([2H])(NC(C)(C)C)C([2H])([2H])[2H])c1[2H]. The van der Waals surface area contributed by atoms with Gasteiger partial charge in [-0.3, -0.25) is 43.2 Å². The van der Waals surface area contributed by atoms with Crippen LogP contribution in [0.5, 0.6) is 0 Å². The average molecular weight is 2290 g/mol. The number of carbonyl (C=O) groups is 9. The van der Waals surface area contributed by atoms with Gasteiger partial charge in [-0.25, -0.2) is 0 Å². The van der Waals surface area contributed by atoms with Crippen molar-refractivity contribution in [1.82, 2.24) is 47.9 Å². The molecule has 145 heavy (non-hydrogen) atoms. The van der Waals surface area contributed by atoms with Gasteiger partial charge in [-0.2, -0.15) is 0 Å². The number of Topliss-reactive ketones (excluding diaryl/α,β-unsaturated/α-hetero) is 9. The van der Waals surface area contributed by atoms with Crippen LogP contribution in [0.2, 0.25) is 50.2 Å². The monoisotopic (exact) mass is 2290 g/mol. The third kappa shape index (κ3) is 60.3. The fourth-order valence-electron chi connectivity index (χ4n) is 9.13. The standard InChI is InChI=1S/C13H17Cl2NO.8C13H18ClNO/c1-8(16-13(2,3)4)12(17)9-5-6-10(14)11(15)7-9;8*1-9(15-13(2,3)4)12(16)10-6-5-7-11(14)8-10/h5-8,16H,1-4H3;8*5-9,15H,1-4H3/t8-;7*9-;/m01110000./s1/i1D3,2D3,3D3,4D3,5D,6D,7D,8D;1D3,2D3,3D3,4D3,9D;1D3,2D3,3D3,9D;1D3,2D3,9D;1D3,5D,6D,7D,8D,9D;1D3,2D3,3D3,4D3,9D;1D3,2D3,3D3,9D;1D3,2D3,9D;1D3,2D3,3D3,4D3,5D,6D,7D,8D,9D. The van der Waals surface area contributed by atoms with Crippen LogP contribution in [0.3, 0.4) is 0 Å². The Bertz CT molecular complexity index is 9460. The molecule has 18 nitrogen and oxygen atoms in total. The van der Waals surface area contributed by atoms with Gasteiger partial charge >= 0.3 is 0 Å². The predicted molar refractivity (Wildman–Crippen MR) is 618 cm³/mol. The molecule has 0 radical (unpaired) electrons. The quantitative estimate of drug-likeness (QED) is 0.0217. The summed E-state index contributed by atoms with van der Waals surface area (Å²) in [5, 5.41) is 13.7. The first kappa shape index (κ1) is 45.1. The fraction of sp³-hybridized carbons (Fsp3) is 0.462. The molecule has 28 heteroatoms. The van der Waals surface area contributed by atoms with E-state index in [1.807, 2.05) is 10.6 Å². The molecule has 0 aromatic heterocycles. The number of hydrogen-bond acceptors (Lipinski definition) is 18. The topological polar surface area (TPSA) is 262 Å². The van der Waals surface area contributed by atoms with Gasteiger partial charge in [0.05, 0.1) is 91.6 Å². The summed E-state index contributed by atoms with van der Waals surface area (Å²) in [5.74, 6) is -13.5. The van der Waals surface area contributed by atoms with Crippen molar-refractivity contribution in [3.63, 3.8) is 0 Å². The molecule has 9 atom stereocenters. The number of benzene rings is 9. The number of nitrogens with one attached hydrogen (secondary N) is 9. The number of ketones is 9. The maximum Gasteiger partial charge on any atom is 0.179 e. The first-order valence-corrected chi connectivity index (χ1v) is 43.2. The van der Waals surface area contributed by atoms with Gasteiger partial charge < -0.3 is 47.9 Å². The van der Waals surface area contributed by atoms with Crippen molar-refractivity contribution < 1.29 is 182 Å². The van der Waals surface area contributed by atoms with Crippen LogP contribution >= 0.6 is 116 Å². The Morgan fingerprint density at radius 2 is 0.393 bits per heavy atom. The molecular weight excluding hydrogens is 2030 g/mol. The Hall–Kier alpha value is -7.45. The third-order valence-corrected chi connectivity index (χ3v) is 17.0. The molecular formula is C117H161Cl10N9O9. The summed E-state index contributed by atoms with van der Waals surface area (Å²) in [6.07, 6.45) is 0. The van der Waals surface area contributed by atoms with Crippen molar-refractivity contribution in [3.05, 3.63) is 312 Å². The van der Waals surface area contributed by atoms with E-state index in [2.05, 4.69) is 16.0 Å². The Morgan fingerprint density at radius 3 is 0.579 bits per heavy atom. The van der Waals surface area contributed by atoms with Gasteiger partial charge in [0.15, 0.2) is 52.0 Å². The Morgan fingerprint density at radius 1 is 0.214 bits per heavy atom. The molecule has 798 valence electrons. The van der Waals surface area contributed by atoms with Gasteiger partial charge in [0.1, 0.15) is 0 Å². The minimum atomic E-state index is -4.12. The van der Waals surface area contributed by atoms with E-state index in [-0.39, 0.29) is 52.4 Å². The van der Waals surface area contributed by atoms with Gasteiger partial charge in [-0.15, -0.1) is 0 Å². The largest absolute Gasteiger partial charge is 0.303 e. The van der Waals surface area contributed by atoms with E-state index in [1.165, 1.54) is 158 Å². The van der Waals surface area contributed by atoms with Crippen LogP contribution < -0.4 is 47.9 Å². The second-order valence-corrected chi connectivity index (χ2v) is 35.2.